The molecule has 2 N–H and O–H groups in total. The molecule has 0 aromatic rings. The monoisotopic (exact) mass is 398 g/mol. The lowest BCUT2D eigenvalue weighted by molar-refractivity contribution is 0.00700. The van der Waals surface area contributed by atoms with Crippen LogP contribution in [-0.2, 0) is 14.2 Å². The van der Waals surface area contributed by atoms with E-state index in [4.69, 9.17) is 14.2 Å². The Labute approximate surface area is 169 Å². The van der Waals surface area contributed by atoms with Crippen LogP contribution in [0.3, 0.4) is 0 Å². The Kier molecular flexibility index (Phi) is 9.31. The van der Waals surface area contributed by atoms with Gasteiger partial charge >= 0.3 is 6.09 Å². The predicted molar refractivity (Wildman–Crippen MR) is 110 cm³/mol. The van der Waals surface area contributed by atoms with E-state index >= 15 is 0 Å². The molecular formula is C20H38N4O4. The van der Waals surface area contributed by atoms with Gasteiger partial charge in [-0.1, -0.05) is 0 Å². The third-order valence-electron chi connectivity index (χ3n) is 4.63. The Morgan fingerprint density at radius 1 is 1.25 bits per heavy atom. The number of rotatable bonds is 8. The van der Waals surface area contributed by atoms with Crippen molar-refractivity contribution in [3.8, 4) is 0 Å². The second kappa shape index (κ2) is 11.5. The number of carbonyl (C=O) groups excluding carboxylic acids is 1. The van der Waals surface area contributed by atoms with E-state index in [0.717, 1.165) is 58.2 Å². The molecule has 0 aliphatic carbocycles. The van der Waals surface area contributed by atoms with E-state index in [-0.39, 0.29) is 12.1 Å². The number of amides is 1. The molecule has 162 valence electrons. The summed E-state index contributed by atoms with van der Waals surface area (Å²) in [6.45, 7) is 13.7. The maximum absolute atomic E-state index is 12.0. The molecule has 2 aliphatic rings. The number of nitrogens with one attached hydrogen (secondary N) is 2. The number of carbonyl (C=O) groups is 1. The summed E-state index contributed by atoms with van der Waals surface area (Å²) in [5, 5.41) is 6.64. The molecule has 8 heteroatoms. The largest absolute Gasteiger partial charge is 0.444 e. The molecule has 0 atom stereocenters. The SMILES string of the molecule is CCNC(=NCCCOCC1CCOCC1)NC1CN(C(=O)OC(C)(C)C)C1. The maximum Gasteiger partial charge on any atom is 0.410 e. The van der Waals surface area contributed by atoms with Crippen molar-refractivity contribution in [2.45, 2.75) is 58.6 Å². The van der Waals surface area contributed by atoms with Crippen molar-refractivity contribution in [2.24, 2.45) is 10.9 Å². The van der Waals surface area contributed by atoms with E-state index in [1.807, 2.05) is 27.7 Å². The molecule has 2 fully saturated rings. The molecule has 0 bridgehead atoms. The van der Waals surface area contributed by atoms with Gasteiger partial charge < -0.3 is 29.7 Å². The highest BCUT2D eigenvalue weighted by atomic mass is 16.6. The third kappa shape index (κ3) is 8.65. The first-order chi connectivity index (χ1) is 13.4. The van der Waals surface area contributed by atoms with Crippen molar-refractivity contribution < 1.29 is 19.0 Å². The minimum Gasteiger partial charge on any atom is -0.444 e. The van der Waals surface area contributed by atoms with Crippen molar-refractivity contribution in [1.82, 2.24) is 15.5 Å². The Hall–Kier alpha value is -1.54. The van der Waals surface area contributed by atoms with Crippen LogP contribution in [0.2, 0.25) is 0 Å². The summed E-state index contributed by atoms with van der Waals surface area (Å²) >= 11 is 0. The van der Waals surface area contributed by atoms with Crippen LogP contribution in [0.1, 0.15) is 47.0 Å². The van der Waals surface area contributed by atoms with Crippen LogP contribution in [0.4, 0.5) is 4.79 Å². The highest BCUT2D eigenvalue weighted by Gasteiger charge is 2.34. The molecular weight excluding hydrogens is 360 g/mol. The number of ether oxygens (including phenoxy) is 3. The Balaban J connectivity index is 1.60. The smallest absolute Gasteiger partial charge is 0.410 e. The molecule has 0 spiro atoms. The maximum atomic E-state index is 12.0. The zero-order valence-electron chi connectivity index (χ0n) is 18.0. The van der Waals surface area contributed by atoms with E-state index in [0.29, 0.717) is 25.6 Å². The van der Waals surface area contributed by atoms with Gasteiger partial charge in [-0.2, -0.15) is 0 Å². The zero-order valence-corrected chi connectivity index (χ0v) is 18.0. The van der Waals surface area contributed by atoms with Gasteiger partial charge in [0.05, 0.1) is 6.04 Å². The first kappa shape index (κ1) is 22.7. The van der Waals surface area contributed by atoms with Gasteiger partial charge in [0, 0.05) is 52.6 Å². The minimum absolute atomic E-state index is 0.204. The van der Waals surface area contributed by atoms with E-state index in [1.165, 1.54) is 0 Å². The van der Waals surface area contributed by atoms with Gasteiger partial charge in [-0.3, -0.25) is 4.99 Å². The molecule has 2 aliphatic heterocycles. The van der Waals surface area contributed by atoms with Crippen LogP contribution in [0.25, 0.3) is 0 Å². The van der Waals surface area contributed by atoms with E-state index < -0.39 is 5.60 Å². The second-order valence-corrected chi connectivity index (χ2v) is 8.47. The van der Waals surface area contributed by atoms with Gasteiger partial charge in [-0.15, -0.1) is 0 Å². The van der Waals surface area contributed by atoms with Gasteiger partial charge in [-0.05, 0) is 52.9 Å². The lowest BCUT2D eigenvalue weighted by Gasteiger charge is -2.40. The Morgan fingerprint density at radius 3 is 2.61 bits per heavy atom. The topological polar surface area (TPSA) is 84.4 Å². The van der Waals surface area contributed by atoms with Gasteiger partial charge in [-0.25, -0.2) is 4.79 Å². The van der Waals surface area contributed by atoms with Gasteiger partial charge in [0.25, 0.3) is 0 Å². The molecule has 0 unspecified atom stereocenters. The molecule has 0 saturated carbocycles. The molecule has 0 aromatic heterocycles. The fourth-order valence-corrected chi connectivity index (χ4v) is 3.08. The number of aliphatic imine (C=N–C) groups is 1. The molecule has 1 amide bonds. The summed E-state index contributed by atoms with van der Waals surface area (Å²) in [5.41, 5.74) is -0.460. The van der Waals surface area contributed by atoms with Crippen LogP contribution in [0.5, 0.6) is 0 Å². The van der Waals surface area contributed by atoms with Crippen molar-refractivity contribution in [1.29, 1.82) is 0 Å². The molecule has 2 rings (SSSR count). The second-order valence-electron chi connectivity index (χ2n) is 8.47. The summed E-state index contributed by atoms with van der Waals surface area (Å²) in [4.78, 5) is 18.3. The molecule has 8 nitrogen and oxygen atoms in total. The molecule has 2 saturated heterocycles. The lowest BCUT2D eigenvalue weighted by atomic mass is 10.0. The number of likely N-dealkylation sites (tertiary alicyclic amines) is 1. The zero-order chi connectivity index (χ0) is 20.4. The summed E-state index contributed by atoms with van der Waals surface area (Å²) in [6, 6.07) is 0.204. The van der Waals surface area contributed by atoms with Gasteiger partial charge in [0.1, 0.15) is 5.60 Å². The van der Waals surface area contributed by atoms with E-state index in [2.05, 4.69) is 15.6 Å². The van der Waals surface area contributed by atoms with Gasteiger partial charge in [0.2, 0.25) is 0 Å². The van der Waals surface area contributed by atoms with E-state index in [1.54, 1.807) is 4.90 Å². The molecule has 28 heavy (non-hydrogen) atoms. The highest BCUT2D eigenvalue weighted by Crippen LogP contribution is 2.16. The Morgan fingerprint density at radius 2 is 1.96 bits per heavy atom. The summed E-state index contributed by atoms with van der Waals surface area (Å²) < 4.78 is 16.5. The Bertz CT molecular complexity index is 495. The summed E-state index contributed by atoms with van der Waals surface area (Å²) in [5.74, 6) is 1.43. The van der Waals surface area contributed by atoms with Crippen LogP contribution in [0, 0.1) is 5.92 Å². The fourth-order valence-electron chi connectivity index (χ4n) is 3.08. The van der Waals surface area contributed by atoms with Crippen molar-refractivity contribution in [2.75, 3.05) is 52.6 Å². The quantitative estimate of drug-likeness (QED) is 0.370. The number of hydrogen-bond acceptors (Lipinski definition) is 5. The normalized spacial score (nSPS) is 19.3. The van der Waals surface area contributed by atoms with Gasteiger partial charge in [0.15, 0.2) is 5.96 Å². The average Bonchev–Trinajstić information content (AvgIpc) is 2.59. The standard InChI is InChI=1S/C20H38N4O4/c1-5-21-18(22-9-6-10-27-15-16-7-11-26-12-8-16)23-17-13-24(14-17)19(25)28-20(2,3)4/h16-17H,5-15H2,1-4H3,(H2,21,22,23). The number of hydrogen-bond donors (Lipinski definition) is 2. The minimum atomic E-state index is -0.460. The molecule has 0 aromatic carbocycles. The van der Waals surface area contributed by atoms with Crippen LogP contribution < -0.4 is 10.6 Å². The first-order valence-corrected chi connectivity index (χ1v) is 10.6. The fraction of sp³-hybridized carbons (Fsp3) is 0.900. The third-order valence-corrected chi connectivity index (χ3v) is 4.63. The van der Waals surface area contributed by atoms with Crippen molar-refractivity contribution in [3.05, 3.63) is 0 Å². The van der Waals surface area contributed by atoms with Crippen LogP contribution >= 0.6 is 0 Å². The average molecular weight is 399 g/mol. The molecule has 2 heterocycles. The van der Waals surface area contributed by atoms with Crippen LogP contribution in [0.15, 0.2) is 4.99 Å². The predicted octanol–water partition coefficient (Wildman–Crippen LogP) is 1.99. The first-order valence-electron chi connectivity index (χ1n) is 10.6. The summed E-state index contributed by atoms with van der Waals surface area (Å²) in [7, 11) is 0. The van der Waals surface area contributed by atoms with Crippen LogP contribution in [-0.4, -0.2) is 81.2 Å². The number of nitrogens with zero attached hydrogens (tertiary/aromatic N) is 2. The highest BCUT2D eigenvalue weighted by molar-refractivity contribution is 5.80. The summed E-state index contributed by atoms with van der Waals surface area (Å²) in [6.07, 6.45) is 2.85. The van der Waals surface area contributed by atoms with Crippen molar-refractivity contribution in [3.63, 3.8) is 0 Å². The number of guanidine groups is 1. The molecule has 0 radical (unpaired) electrons. The lowest BCUT2D eigenvalue weighted by Crippen LogP contribution is -2.63. The van der Waals surface area contributed by atoms with Crippen molar-refractivity contribution >= 4 is 12.1 Å². The van der Waals surface area contributed by atoms with E-state index in [9.17, 15) is 4.79 Å².